The van der Waals surface area contributed by atoms with Crippen LogP contribution in [0.2, 0.25) is 0 Å². The van der Waals surface area contributed by atoms with Gasteiger partial charge in [0, 0.05) is 23.9 Å². The first-order chi connectivity index (χ1) is 9.85. The maximum atomic E-state index is 12.0. The van der Waals surface area contributed by atoms with Crippen LogP contribution in [0.25, 0.3) is 0 Å². The summed E-state index contributed by atoms with van der Waals surface area (Å²) in [6, 6.07) is 6.75. The minimum atomic E-state index is -0.228. The summed E-state index contributed by atoms with van der Waals surface area (Å²) < 4.78 is 5.63. The van der Waals surface area contributed by atoms with E-state index in [0.717, 1.165) is 12.8 Å². The Balaban J connectivity index is 1.88. The number of benzene rings is 1. The summed E-state index contributed by atoms with van der Waals surface area (Å²) in [5.74, 6) is 0.00967. The van der Waals surface area contributed by atoms with E-state index in [0.29, 0.717) is 17.9 Å². The molecule has 1 saturated heterocycles. The third-order valence-electron chi connectivity index (χ3n) is 3.58. The number of ether oxygens (including phenoxy) is 1. The number of hydrogen-bond acceptors (Lipinski definition) is 3. The smallest absolute Gasteiger partial charge is 0.319 e. The van der Waals surface area contributed by atoms with Gasteiger partial charge in [-0.25, -0.2) is 4.79 Å². The highest BCUT2D eigenvalue weighted by Gasteiger charge is 2.29. The summed E-state index contributed by atoms with van der Waals surface area (Å²) in [7, 11) is 0. The summed E-state index contributed by atoms with van der Waals surface area (Å²) >= 11 is 0. The topological polar surface area (TPSA) is 67.4 Å². The number of ketones is 1. The van der Waals surface area contributed by atoms with Crippen LogP contribution < -0.4 is 10.6 Å². The molecule has 0 aromatic heterocycles. The highest BCUT2D eigenvalue weighted by atomic mass is 16.5. The van der Waals surface area contributed by atoms with Crippen molar-refractivity contribution in [3.05, 3.63) is 29.8 Å². The van der Waals surface area contributed by atoms with E-state index in [9.17, 15) is 9.59 Å². The summed E-state index contributed by atoms with van der Waals surface area (Å²) in [6.07, 6.45) is 1.61. The first kappa shape index (κ1) is 15.5. The summed E-state index contributed by atoms with van der Waals surface area (Å²) in [4.78, 5) is 23.2. The van der Waals surface area contributed by atoms with Crippen molar-refractivity contribution in [1.82, 2.24) is 5.32 Å². The standard InChI is InChI=1S/C16H22N2O3/c1-11(19)12-4-6-13(7-5-12)17-15(20)18-14-8-9-21-16(2,3)10-14/h4-7,14H,8-10H2,1-3H3,(H2,17,18,20). The summed E-state index contributed by atoms with van der Waals surface area (Å²) in [5, 5.41) is 5.74. The highest BCUT2D eigenvalue weighted by molar-refractivity contribution is 5.95. The van der Waals surface area contributed by atoms with Gasteiger partial charge in [0.15, 0.2) is 5.78 Å². The molecule has 2 rings (SSSR count). The van der Waals surface area contributed by atoms with E-state index in [1.54, 1.807) is 24.3 Å². The molecule has 0 radical (unpaired) electrons. The fourth-order valence-electron chi connectivity index (χ4n) is 2.50. The predicted octanol–water partition coefficient (Wildman–Crippen LogP) is 2.97. The Hall–Kier alpha value is -1.88. The second kappa shape index (κ2) is 6.26. The zero-order chi connectivity index (χ0) is 15.5. The molecule has 21 heavy (non-hydrogen) atoms. The molecular weight excluding hydrogens is 268 g/mol. The van der Waals surface area contributed by atoms with Gasteiger partial charge in [-0.05, 0) is 57.9 Å². The molecule has 2 amide bonds. The maximum absolute atomic E-state index is 12.0. The average Bonchev–Trinajstić information content (AvgIpc) is 2.37. The van der Waals surface area contributed by atoms with Crippen molar-refractivity contribution in [3.8, 4) is 0 Å². The molecule has 1 aromatic carbocycles. The predicted molar refractivity (Wildman–Crippen MR) is 81.7 cm³/mol. The number of rotatable bonds is 3. The Bertz CT molecular complexity index is 523. The van der Waals surface area contributed by atoms with Crippen LogP contribution in [0.15, 0.2) is 24.3 Å². The van der Waals surface area contributed by atoms with Crippen molar-refractivity contribution in [2.75, 3.05) is 11.9 Å². The molecule has 2 N–H and O–H groups in total. The van der Waals surface area contributed by atoms with E-state index in [-0.39, 0.29) is 23.5 Å². The monoisotopic (exact) mass is 290 g/mol. The van der Waals surface area contributed by atoms with Crippen molar-refractivity contribution < 1.29 is 14.3 Å². The van der Waals surface area contributed by atoms with Crippen LogP contribution in [0, 0.1) is 0 Å². The molecule has 5 heteroatoms. The van der Waals surface area contributed by atoms with E-state index in [1.165, 1.54) is 6.92 Å². The van der Waals surface area contributed by atoms with E-state index in [2.05, 4.69) is 10.6 Å². The lowest BCUT2D eigenvalue weighted by atomic mass is 9.94. The number of nitrogens with one attached hydrogen (secondary N) is 2. The minimum absolute atomic E-state index is 0.00967. The van der Waals surface area contributed by atoms with E-state index in [1.807, 2.05) is 13.8 Å². The molecule has 0 aliphatic carbocycles. The fourth-order valence-corrected chi connectivity index (χ4v) is 2.50. The van der Waals surface area contributed by atoms with Crippen LogP contribution in [0.3, 0.4) is 0 Å². The van der Waals surface area contributed by atoms with Crippen LogP contribution in [0.5, 0.6) is 0 Å². The van der Waals surface area contributed by atoms with Crippen LogP contribution in [-0.2, 0) is 4.74 Å². The zero-order valence-electron chi connectivity index (χ0n) is 12.7. The summed E-state index contributed by atoms with van der Waals surface area (Å²) in [6.45, 7) is 6.23. The third kappa shape index (κ3) is 4.56. The molecule has 0 bridgehead atoms. The van der Waals surface area contributed by atoms with Crippen LogP contribution in [0.4, 0.5) is 10.5 Å². The van der Waals surface area contributed by atoms with Gasteiger partial charge in [-0.2, -0.15) is 0 Å². The van der Waals surface area contributed by atoms with Gasteiger partial charge in [-0.1, -0.05) is 0 Å². The van der Waals surface area contributed by atoms with Gasteiger partial charge in [-0.3, -0.25) is 4.79 Å². The van der Waals surface area contributed by atoms with Gasteiger partial charge < -0.3 is 15.4 Å². The van der Waals surface area contributed by atoms with Crippen molar-refractivity contribution in [2.24, 2.45) is 0 Å². The van der Waals surface area contributed by atoms with Crippen LogP contribution in [-0.4, -0.2) is 30.1 Å². The van der Waals surface area contributed by atoms with Crippen LogP contribution >= 0.6 is 0 Å². The number of Topliss-reactive ketones (excluding diaryl/α,β-unsaturated/α-hetero) is 1. The zero-order valence-corrected chi connectivity index (χ0v) is 12.7. The number of carbonyl (C=O) groups is 2. The first-order valence-electron chi connectivity index (χ1n) is 7.18. The average molecular weight is 290 g/mol. The fraction of sp³-hybridized carbons (Fsp3) is 0.500. The largest absolute Gasteiger partial charge is 0.375 e. The molecule has 114 valence electrons. The van der Waals surface area contributed by atoms with E-state index >= 15 is 0 Å². The van der Waals surface area contributed by atoms with Crippen molar-refractivity contribution in [2.45, 2.75) is 45.3 Å². The highest BCUT2D eigenvalue weighted by Crippen LogP contribution is 2.23. The molecule has 1 aromatic rings. The quantitative estimate of drug-likeness (QED) is 0.841. The Morgan fingerprint density at radius 3 is 2.48 bits per heavy atom. The summed E-state index contributed by atoms with van der Waals surface area (Å²) in [5.41, 5.74) is 1.11. The molecule has 1 aliphatic rings. The lowest BCUT2D eigenvalue weighted by Gasteiger charge is -2.35. The molecular formula is C16H22N2O3. The van der Waals surface area contributed by atoms with Crippen molar-refractivity contribution >= 4 is 17.5 Å². The number of anilines is 1. The second-order valence-electron chi connectivity index (χ2n) is 6.03. The SMILES string of the molecule is CC(=O)c1ccc(NC(=O)NC2CCOC(C)(C)C2)cc1. The van der Waals surface area contributed by atoms with Gasteiger partial charge >= 0.3 is 6.03 Å². The Morgan fingerprint density at radius 2 is 1.90 bits per heavy atom. The Morgan fingerprint density at radius 1 is 1.24 bits per heavy atom. The molecule has 1 unspecified atom stereocenters. The van der Waals surface area contributed by atoms with Gasteiger partial charge in [0.25, 0.3) is 0 Å². The molecule has 1 aliphatic heterocycles. The van der Waals surface area contributed by atoms with Crippen molar-refractivity contribution in [3.63, 3.8) is 0 Å². The van der Waals surface area contributed by atoms with Gasteiger partial charge in [0.05, 0.1) is 5.60 Å². The second-order valence-corrected chi connectivity index (χ2v) is 6.03. The normalized spacial score (nSPS) is 20.6. The Kier molecular flexibility index (Phi) is 4.63. The molecule has 5 nitrogen and oxygen atoms in total. The molecule has 1 fully saturated rings. The molecule has 0 saturated carbocycles. The molecule has 1 heterocycles. The minimum Gasteiger partial charge on any atom is -0.375 e. The number of carbonyl (C=O) groups excluding carboxylic acids is 2. The molecule has 0 spiro atoms. The van der Waals surface area contributed by atoms with E-state index in [4.69, 9.17) is 4.74 Å². The van der Waals surface area contributed by atoms with Gasteiger partial charge in [0.1, 0.15) is 0 Å². The van der Waals surface area contributed by atoms with Gasteiger partial charge in [-0.15, -0.1) is 0 Å². The lowest BCUT2D eigenvalue weighted by Crippen LogP contribution is -2.47. The number of urea groups is 1. The van der Waals surface area contributed by atoms with E-state index < -0.39 is 0 Å². The maximum Gasteiger partial charge on any atom is 0.319 e. The third-order valence-corrected chi connectivity index (χ3v) is 3.58. The Labute approximate surface area is 125 Å². The first-order valence-corrected chi connectivity index (χ1v) is 7.18. The molecule has 1 atom stereocenters. The number of amides is 2. The van der Waals surface area contributed by atoms with Gasteiger partial charge in [0.2, 0.25) is 0 Å². The van der Waals surface area contributed by atoms with Crippen molar-refractivity contribution in [1.29, 1.82) is 0 Å². The number of hydrogen-bond donors (Lipinski definition) is 2. The van der Waals surface area contributed by atoms with Crippen LogP contribution in [0.1, 0.15) is 44.0 Å². The lowest BCUT2D eigenvalue weighted by molar-refractivity contribution is -0.0609.